The SMILES string of the molecule is CB(O)N1CC=C(c2ccc(N)nc2)CC1. The first-order chi connectivity index (χ1) is 7.66. The number of rotatable bonds is 2. The Morgan fingerprint density at radius 2 is 2.31 bits per heavy atom. The summed E-state index contributed by atoms with van der Waals surface area (Å²) in [6.07, 6.45) is 4.89. The molecule has 0 spiro atoms. The standard InChI is InChI=1S/C11H16BN3O/c1-12(16)15-6-4-9(5-7-15)10-2-3-11(13)14-8-10/h2-4,8,16H,5-7H2,1H3,(H2,13,14). The van der Waals surface area contributed by atoms with Crippen molar-refractivity contribution in [3.05, 3.63) is 30.0 Å². The van der Waals surface area contributed by atoms with E-state index >= 15 is 0 Å². The molecule has 16 heavy (non-hydrogen) atoms. The zero-order valence-electron chi connectivity index (χ0n) is 9.43. The van der Waals surface area contributed by atoms with Gasteiger partial charge in [-0.25, -0.2) is 4.98 Å². The number of hydrogen-bond donors (Lipinski definition) is 2. The van der Waals surface area contributed by atoms with Crippen LogP contribution in [0.4, 0.5) is 5.82 Å². The Kier molecular flexibility index (Phi) is 3.26. The van der Waals surface area contributed by atoms with Gasteiger partial charge in [-0.2, -0.15) is 0 Å². The molecule has 84 valence electrons. The van der Waals surface area contributed by atoms with Crippen LogP contribution in [0.25, 0.3) is 5.57 Å². The van der Waals surface area contributed by atoms with Gasteiger partial charge in [0.05, 0.1) is 0 Å². The van der Waals surface area contributed by atoms with Gasteiger partial charge in [-0.05, 0) is 43.1 Å². The monoisotopic (exact) mass is 217 g/mol. The third-order valence-electron chi connectivity index (χ3n) is 2.93. The summed E-state index contributed by atoms with van der Waals surface area (Å²) in [5, 5.41) is 9.44. The predicted octanol–water partition coefficient (Wildman–Crippen LogP) is 0.863. The zero-order valence-corrected chi connectivity index (χ0v) is 9.43. The molecule has 0 bridgehead atoms. The lowest BCUT2D eigenvalue weighted by molar-refractivity contribution is 0.392. The van der Waals surface area contributed by atoms with E-state index in [1.807, 2.05) is 16.9 Å². The van der Waals surface area contributed by atoms with Gasteiger partial charge in [0, 0.05) is 12.7 Å². The van der Waals surface area contributed by atoms with Crippen LogP contribution in [0.5, 0.6) is 0 Å². The average molecular weight is 217 g/mol. The molecule has 1 aliphatic heterocycles. The first-order valence-electron chi connectivity index (χ1n) is 5.50. The largest absolute Gasteiger partial charge is 0.437 e. The summed E-state index contributed by atoms with van der Waals surface area (Å²) in [5.41, 5.74) is 7.95. The number of nitrogens with two attached hydrogens (primary N) is 1. The van der Waals surface area contributed by atoms with Crippen LogP contribution in [0.1, 0.15) is 12.0 Å². The topological polar surface area (TPSA) is 62.4 Å². The van der Waals surface area contributed by atoms with Crippen LogP contribution in [0, 0.1) is 0 Å². The molecule has 3 N–H and O–H groups in total. The molecule has 0 aliphatic carbocycles. The van der Waals surface area contributed by atoms with Crippen LogP contribution in [-0.2, 0) is 0 Å². The summed E-state index contributed by atoms with van der Waals surface area (Å²) >= 11 is 0. The van der Waals surface area contributed by atoms with Gasteiger partial charge in [-0.1, -0.05) is 6.08 Å². The van der Waals surface area contributed by atoms with Gasteiger partial charge in [0.15, 0.2) is 0 Å². The van der Waals surface area contributed by atoms with Crippen LogP contribution in [0.2, 0.25) is 6.82 Å². The van der Waals surface area contributed by atoms with Crippen molar-refractivity contribution in [2.75, 3.05) is 18.8 Å². The molecule has 1 aliphatic rings. The molecule has 0 radical (unpaired) electrons. The molecule has 0 amide bonds. The van der Waals surface area contributed by atoms with Crippen LogP contribution < -0.4 is 5.73 Å². The quantitative estimate of drug-likeness (QED) is 0.721. The molecule has 2 rings (SSSR count). The number of nitrogen functional groups attached to an aromatic ring is 1. The summed E-state index contributed by atoms with van der Waals surface area (Å²) in [4.78, 5) is 6.10. The highest BCUT2D eigenvalue weighted by atomic mass is 16.2. The third kappa shape index (κ3) is 2.43. The van der Waals surface area contributed by atoms with Gasteiger partial charge in [-0.15, -0.1) is 0 Å². The van der Waals surface area contributed by atoms with Crippen LogP contribution in [0.3, 0.4) is 0 Å². The summed E-state index contributed by atoms with van der Waals surface area (Å²) in [6, 6.07) is 3.81. The van der Waals surface area contributed by atoms with Gasteiger partial charge in [0.1, 0.15) is 5.82 Å². The maximum atomic E-state index is 9.44. The van der Waals surface area contributed by atoms with Gasteiger partial charge in [0.2, 0.25) is 0 Å². The Hall–Kier alpha value is -1.33. The molecule has 0 saturated carbocycles. The molecule has 0 saturated heterocycles. The van der Waals surface area contributed by atoms with E-state index < -0.39 is 0 Å². The average Bonchev–Trinajstić information content (AvgIpc) is 2.30. The molecular weight excluding hydrogens is 201 g/mol. The number of pyridine rings is 1. The Morgan fingerprint density at radius 3 is 2.81 bits per heavy atom. The van der Waals surface area contributed by atoms with Crippen molar-refractivity contribution >= 4 is 18.4 Å². The fraction of sp³-hybridized carbons (Fsp3) is 0.364. The lowest BCUT2D eigenvalue weighted by Crippen LogP contribution is -2.39. The van der Waals surface area contributed by atoms with E-state index in [1.165, 1.54) is 5.57 Å². The number of anilines is 1. The van der Waals surface area contributed by atoms with Gasteiger partial charge in [0.25, 0.3) is 0 Å². The van der Waals surface area contributed by atoms with Crippen LogP contribution >= 0.6 is 0 Å². The highest BCUT2D eigenvalue weighted by Crippen LogP contribution is 2.22. The van der Waals surface area contributed by atoms with E-state index in [0.717, 1.165) is 25.1 Å². The van der Waals surface area contributed by atoms with Crippen LogP contribution in [-0.4, -0.2) is 35.0 Å². The van der Waals surface area contributed by atoms with Crippen molar-refractivity contribution in [3.63, 3.8) is 0 Å². The van der Waals surface area contributed by atoms with E-state index in [-0.39, 0.29) is 7.05 Å². The Labute approximate surface area is 95.9 Å². The van der Waals surface area contributed by atoms with E-state index in [4.69, 9.17) is 5.73 Å². The zero-order chi connectivity index (χ0) is 11.5. The van der Waals surface area contributed by atoms with Gasteiger partial charge in [-0.3, -0.25) is 0 Å². The highest BCUT2D eigenvalue weighted by molar-refractivity contribution is 6.45. The second kappa shape index (κ2) is 4.68. The van der Waals surface area contributed by atoms with Crippen molar-refractivity contribution < 1.29 is 5.02 Å². The first-order valence-corrected chi connectivity index (χ1v) is 5.50. The molecule has 0 fully saturated rings. The third-order valence-corrected chi connectivity index (χ3v) is 2.93. The fourth-order valence-corrected chi connectivity index (χ4v) is 1.88. The summed E-state index contributed by atoms with van der Waals surface area (Å²) in [6.45, 7) is 3.47. The fourth-order valence-electron chi connectivity index (χ4n) is 1.88. The molecule has 0 unspecified atom stereocenters. The molecule has 0 atom stereocenters. The van der Waals surface area contributed by atoms with Crippen molar-refractivity contribution in [1.29, 1.82) is 0 Å². The second-order valence-corrected chi connectivity index (χ2v) is 4.08. The lowest BCUT2D eigenvalue weighted by Gasteiger charge is -2.26. The molecule has 1 aromatic heterocycles. The Bertz CT molecular complexity index is 389. The molecule has 4 nitrogen and oxygen atoms in total. The van der Waals surface area contributed by atoms with Gasteiger partial charge >= 0.3 is 7.05 Å². The van der Waals surface area contributed by atoms with Crippen molar-refractivity contribution in [3.8, 4) is 0 Å². The van der Waals surface area contributed by atoms with E-state index in [9.17, 15) is 5.02 Å². The van der Waals surface area contributed by atoms with Crippen molar-refractivity contribution in [1.82, 2.24) is 9.79 Å². The van der Waals surface area contributed by atoms with E-state index in [2.05, 4.69) is 11.1 Å². The number of aromatic nitrogens is 1. The van der Waals surface area contributed by atoms with E-state index in [1.54, 1.807) is 13.0 Å². The first kappa shape index (κ1) is 11.2. The Balaban J connectivity index is 2.10. The van der Waals surface area contributed by atoms with Crippen molar-refractivity contribution in [2.24, 2.45) is 0 Å². The van der Waals surface area contributed by atoms with Crippen LogP contribution in [0.15, 0.2) is 24.4 Å². The second-order valence-electron chi connectivity index (χ2n) is 4.08. The number of nitrogens with zero attached hydrogens (tertiary/aromatic N) is 2. The van der Waals surface area contributed by atoms with Crippen molar-refractivity contribution in [2.45, 2.75) is 13.2 Å². The summed E-state index contributed by atoms with van der Waals surface area (Å²) in [5.74, 6) is 0.547. The summed E-state index contributed by atoms with van der Waals surface area (Å²) < 4.78 is 0. The molecular formula is C11H16BN3O. The smallest absolute Gasteiger partial charge is 0.376 e. The molecule has 1 aromatic rings. The number of hydrogen-bond acceptors (Lipinski definition) is 4. The summed E-state index contributed by atoms with van der Waals surface area (Å²) in [7, 11) is -0.373. The molecule has 5 heteroatoms. The van der Waals surface area contributed by atoms with Gasteiger partial charge < -0.3 is 15.6 Å². The maximum absolute atomic E-state index is 9.44. The minimum Gasteiger partial charge on any atom is -0.437 e. The van der Waals surface area contributed by atoms with E-state index in [0.29, 0.717) is 5.82 Å². The Morgan fingerprint density at radius 1 is 1.50 bits per heavy atom. The minimum atomic E-state index is -0.373. The normalized spacial score (nSPS) is 17.0. The molecule has 0 aromatic carbocycles. The predicted molar refractivity (Wildman–Crippen MR) is 66.7 cm³/mol. The highest BCUT2D eigenvalue weighted by Gasteiger charge is 2.19. The minimum absolute atomic E-state index is 0.373. The molecule has 2 heterocycles. The maximum Gasteiger partial charge on any atom is 0.376 e. The lowest BCUT2D eigenvalue weighted by atomic mass is 9.82.